The van der Waals surface area contributed by atoms with Gasteiger partial charge in [0.15, 0.2) is 5.82 Å². The van der Waals surface area contributed by atoms with Crippen molar-refractivity contribution in [2.75, 3.05) is 23.5 Å². The SMILES string of the molecule is CN1CN(c2cccc(C3(c4ccn[nH]4)c4ccccc4-c4ccccc43)c2)c2ncccc21. The number of hydrogen-bond acceptors (Lipinski definition) is 4. The molecule has 1 aliphatic carbocycles. The Morgan fingerprint density at radius 2 is 1.56 bits per heavy atom. The van der Waals surface area contributed by atoms with Crippen LogP contribution in [0.5, 0.6) is 0 Å². The number of fused-ring (bicyclic) bond motifs is 4. The molecular formula is C29H23N5. The van der Waals surface area contributed by atoms with E-state index in [2.05, 4.69) is 112 Å². The van der Waals surface area contributed by atoms with Gasteiger partial charge in [-0.2, -0.15) is 5.10 Å². The summed E-state index contributed by atoms with van der Waals surface area (Å²) in [5, 5.41) is 7.70. The van der Waals surface area contributed by atoms with Crippen LogP contribution < -0.4 is 9.80 Å². The smallest absolute Gasteiger partial charge is 0.158 e. The topological polar surface area (TPSA) is 48.0 Å². The van der Waals surface area contributed by atoms with E-state index in [1.165, 1.54) is 27.8 Å². The molecule has 2 aromatic heterocycles. The molecule has 34 heavy (non-hydrogen) atoms. The maximum atomic E-state index is 4.70. The van der Waals surface area contributed by atoms with Crippen molar-refractivity contribution in [3.05, 3.63) is 126 Å². The Bertz CT molecular complexity index is 1480. The second-order valence-electron chi connectivity index (χ2n) is 8.98. The summed E-state index contributed by atoms with van der Waals surface area (Å²) in [6.45, 7) is 0.764. The molecule has 164 valence electrons. The molecule has 0 atom stereocenters. The van der Waals surface area contributed by atoms with Gasteiger partial charge in [-0.05, 0) is 58.1 Å². The maximum Gasteiger partial charge on any atom is 0.158 e. The van der Waals surface area contributed by atoms with Crippen LogP contribution in [0.3, 0.4) is 0 Å². The maximum absolute atomic E-state index is 4.70. The average molecular weight is 442 g/mol. The van der Waals surface area contributed by atoms with Gasteiger partial charge in [0.25, 0.3) is 0 Å². The zero-order valence-electron chi connectivity index (χ0n) is 18.8. The highest BCUT2D eigenvalue weighted by molar-refractivity contribution is 5.86. The predicted molar refractivity (Wildman–Crippen MR) is 136 cm³/mol. The van der Waals surface area contributed by atoms with Crippen LogP contribution in [0.15, 0.2) is 103 Å². The van der Waals surface area contributed by atoms with E-state index >= 15 is 0 Å². The molecule has 0 amide bonds. The lowest BCUT2D eigenvalue weighted by molar-refractivity contribution is 0.727. The first-order chi connectivity index (χ1) is 16.8. The Morgan fingerprint density at radius 3 is 2.29 bits per heavy atom. The van der Waals surface area contributed by atoms with Crippen LogP contribution in [0.4, 0.5) is 17.2 Å². The molecule has 0 saturated carbocycles. The van der Waals surface area contributed by atoms with Crippen LogP contribution >= 0.6 is 0 Å². The number of hydrogen-bond donors (Lipinski definition) is 1. The molecule has 5 heteroatoms. The van der Waals surface area contributed by atoms with Crippen molar-refractivity contribution in [1.29, 1.82) is 0 Å². The van der Waals surface area contributed by atoms with Crippen molar-refractivity contribution >= 4 is 17.2 Å². The number of aromatic amines is 1. The van der Waals surface area contributed by atoms with Crippen molar-refractivity contribution < 1.29 is 0 Å². The zero-order chi connectivity index (χ0) is 22.7. The summed E-state index contributed by atoms with van der Waals surface area (Å²) in [5.74, 6) is 0.991. The van der Waals surface area contributed by atoms with Gasteiger partial charge in [-0.25, -0.2) is 4.98 Å². The van der Waals surface area contributed by atoms with E-state index < -0.39 is 5.41 Å². The van der Waals surface area contributed by atoms with Crippen LogP contribution in [0, 0.1) is 0 Å². The second-order valence-corrected chi connectivity index (χ2v) is 8.98. The van der Waals surface area contributed by atoms with Gasteiger partial charge in [-0.1, -0.05) is 60.7 Å². The third-order valence-corrected chi connectivity index (χ3v) is 7.23. The monoisotopic (exact) mass is 441 g/mol. The molecular weight excluding hydrogens is 418 g/mol. The lowest BCUT2D eigenvalue weighted by Gasteiger charge is -2.33. The minimum atomic E-state index is -0.474. The molecule has 0 saturated heterocycles. The lowest BCUT2D eigenvalue weighted by atomic mass is 9.70. The first-order valence-corrected chi connectivity index (χ1v) is 11.5. The quantitative estimate of drug-likeness (QED) is 0.382. The Labute approximate surface area is 198 Å². The van der Waals surface area contributed by atoms with Gasteiger partial charge in [0.1, 0.15) is 0 Å². The van der Waals surface area contributed by atoms with Crippen molar-refractivity contribution in [2.24, 2.45) is 0 Å². The summed E-state index contributed by atoms with van der Waals surface area (Å²) in [5.41, 5.74) is 9.16. The third-order valence-electron chi connectivity index (χ3n) is 7.23. The van der Waals surface area contributed by atoms with Crippen molar-refractivity contribution in [3.8, 4) is 11.1 Å². The van der Waals surface area contributed by atoms with E-state index in [4.69, 9.17) is 4.98 Å². The average Bonchev–Trinajstić information content (AvgIpc) is 3.61. The summed E-state index contributed by atoms with van der Waals surface area (Å²) >= 11 is 0. The van der Waals surface area contributed by atoms with Gasteiger partial charge in [-0.3, -0.25) is 5.10 Å². The standard InChI is InChI=1S/C29H23N5/c1-33-19-34(28-26(33)14-7-16-30-28)21-9-6-8-20(18-21)29(27-15-17-31-32-27)24-12-4-2-10-22(24)23-11-3-5-13-25(23)29/h2-18H,19H2,1H3,(H,31,32). The number of benzene rings is 3. The van der Waals surface area contributed by atoms with Crippen LogP contribution in [0.1, 0.15) is 22.4 Å². The van der Waals surface area contributed by atoms with E-state index in [9.17, 15) is 0 Å². The van der Waals surface area contributed by atoms with E-state index in [1.54, 1.807) is 0 Å². The van der Waals surface area contributed by atoms with Crippen molar-refractivity contribution in [1.82, 2.24) is 15.2 Å². The highest BCUT2D eigenvalue weighted by Gasteiger charge is 2.47. The highest BCUT2D eigenvalue weighted by Crippen LogP contribution is 2.56. The van der Waals surface area contributed by atoms with Crippen LogP contribution in [-0.4, -0.2) is 28.9 Å². The van der Waals surface area contributed by atoms with Gasteiger partial charge in [-0.15, -0.1) is 0 Å². The minimum Gasteiger partial charge on any atom is -0.354 e. The molecule has 0 radical (unpaired) electrons. The molecule has 0 fully saturated rings. The number of H-pyrrole nitrogens is 1. The predicted octanol–water partition coefficient (Wildman–Crippen LogP) is 5.71. The van der Waals surface area contributed by atoms with Crippen molar-refractivity contribution in [3.63, 3.8) is 0 Å². The van der Waals surface area contributed by atoms with Crippen LogP contribution in [0.25, 0.3) is 11.1 Å². The van der Waals surface area contributed by atoms with E-state index in [0.717, 1.165) is 29.6 Å². The number of anilines is 3. The molecule has 5 nitrogen and oxygen atoms in total. The Hall–Kier alpha value is -4.38. The number of rotatable bonds is 3. The molecule has 0 spiro atoms. The lowest BCUT2D eigenvalue weighted by Crippen LogP contribution is -2.30. The summed E-state index contributed by atoms with van der Waals surface area (Å²) in [7, 11) is 2.11. The molecule has 7 rings (SSSR count). The zero-order valence-corrected chi connectivity index (χ0v) is 18.8. The molecule has 2 aliphatic rings. The molecule has 0 bridgehead atoms. The molecule has 5 aromatic rings. The fourth-order valence-corrected chi connectivity index (χ4v) is 5.82. The van der Waals surface area contributed by atoms with E-state index in [-0.39, 0.29) is 0 Å². The first kappa shape index (κ1) is 19.1. The number of nitrogens with zero attached hydrogens (tertiary/aromatic N) is 4. The second kappa shape index (κ2) is 7.06. The highest BCUT2D eigenvalue weighted by atomic mass is 15.4. The van der Waals surface area contributed by atoms with Gasteiger partial charge >= 0.3 is 0 Å². The Morgan fingerprint density at radius 1 is 0.794 bits per heavy atom. The normalized spacial score (nSPS) is 15.2. The van der Waals surface area contributed by atoms with Crippen molar-refractivity contribution in [2.45, 2.75) is 5.41 Å². The molecule has 3 heterocycles. The van der Waals surface area contributed by atoms with E-state index in [1.807, 2.05) is 18.5 Å². The fraction of sp³-hybridized carbons (Fsp3) is 0.103. The minimum absolute atomic E-state index is 0.474. The number of nitrogens with one attached hydrogen (secondary N) is 1. The summed E-state index contributed by atoms with van der Waals surface area (Å²) < 4.78 is 0. The summed E-state index contributed by atoms with van der Waals surface area (Å²) in [6.07, 6.45) is 3.71. The number of pyridine rings is 1. The Kier molecular flexibility index (Phi) is 3.97. The molecule has 1 N–H and O–H groups in total. The molecule has 3 aromatic carbocycles. The third kappa shape index (κ3) is 2.44. The van der Waals surface area contributed by atoms with Gasteiger partial charge in [0, 0.05) is 25.1 Å². The molecule has 1 aliphatic heterocycles. The van der Waals surface area contributed by atoms with E-state index in [0.29, 0.717) is 0 Å². The van der Waals surface area contributed by atoms with Gasteiger partial charge in [0.2, 0.25) is 0 Å². The Balaban J connectivity index is 1.50. The largest absolute Gasteiger partial charge is 0.354 e. The first-order valence-electron chi connectivity index (χ1n) is 11.5. The summed E-state index contributed by atoms with van der Waals surface area (Å²) in [4.78, 5) is 9.22. The van der Waals surface area contributed by atoms with Gasteiger partial charge in [0.05, 0.1) is 23.5 Å². The molecule has 0 unspecified atom stereocenters. The summed E-state index contributed by atoms with van der Waals surface area (Å²) in [6, 6.07) is 32.6. The van der Waals surface area contributed by atoms with Crippen LogP contribution in [0.2, 0.25) is 0 Å². The van der Waals surface area contributed by atoms with Gasteiger partial charge < -0.3 is 9.80 Å². The number of aromatic nitrogens is 3. The fourth-order valence-electron chi connectivity index (χ4n) is 5.82. The van der Waals surface area contributed by atoms with Crippen LogP contribution in [-0.2, 0) is 5.41 Å².